The van der Waals surface area contributed by atoms with E-state index in [9.17, 15) is 19.8 Å². The summed E-state index contributed by atoms with van der Waals surface area (Å²) in [6.45, 7) is 2.32. The van der Waals surface area contributed by atoms with E-state index in [0.717, 1.165) is 54.5 Å². The molecule has 0 saturated heterocycles. The molecule has 0 aliphatic heterocycles. The summed E-state index contributed by atoms with van der Waals surface area (Å²) in [6, 6.07) is 29.5. The highest BCUT2D eigenvalue weighted by Gasteiger charge is 2.43. The van der Waals surface area contributed by atoms with E-state index < -0.39 is 17.4 Å². The van der Waals surface area contributed by atoms with Crippen molar-refractivity contribution in [2.75, 3.05) is 13.1 Å². The van der Waals surface area contributed by atoms with Crippen molar-refractivity contribution in [1.29, 1.82) is 0 Å². The van der Waals surface area contributed by atoms with Crippen molar-refractivity contribution < 1.29 is 24.5 Å². The van der Waals surface area contributed by atoms with Crippen molar-refractivity contribution in [1.82, 2.24) is 4.90 Å². The number of thiophene rings is 1. The Morgan fingerprint density at radius 3 is 2.31 bits per heavy atom. The van der Waals surface area contributed by atoms with Gasteiger partial charge in [0.2, 0.25) is 0 Å². The van der Waals surface area contributed by atoms with Crippen LogP contribution in [0.2, 0.25) is 5.02 Å². The van der Waals surface area contributed by atoms with Gasteiger partial charge in [0, 0.05) is 27.9 Å². The average molecular weight is 646 g/mol. The molecule has 0 bridgehead atoms. The van der Waals surface area contributed by atoms with E-state index in [1.54, 1.807) is 23.5 Å². The summed E-state index contributed by atoms with van der Waals surface area (Å²) in [4.78, 5) is 28.2. The van der Waals surface area contributed by atoms with Crippen LogP contribution in [0.4, 0.5) is 0 Å². The third-order valence-electron chi connectivity index (χ3n) is 8.79. The minimum absolute atomic E-state index is 0.248. The van der Waals surface area contributed by atoms with Crippen molar-refractivity contribution in [3.05, 3.63) is 128 Å². The minimum atomic E-state index is -0.955. The number of carboxylic acids is 2. The molecule has 4 aromatic rings. The van der Waals surface area contributed by atoms with Crippen LogP contribution < -0.4 is 0 Å². The Hall–Kier alpha value is -3.49. The van der Waals surface area contributed by atoms with Gasteiger partial charge in [0.25, 0.3) is 0 Å². The lowest BCUT2D eigenvalue weighted by atomic mass is 9.66. The summed E-state index contributed by atoms with van der Waals surface area (Å²) in [7, 11) is 0. The molecular formula is C37H40ClNO5S. The first-order valence-electron chi connectivity index (χ1n) is 15.6. The maximum Gasteiger partial charge on any atom is 0.335 e. The van der Waals surface area contributed by atoms with Crippen LogP contribution in [-0.4, -0.2) is 40.1 Å². The lowest BCUT2D eigenvalue weighted by molar-refractivity contribution is -0.155. The number of carbonyl (C=O) groups is 2. The van der Waals surface area contributed by atoms with Crippen LogP contribution in [-0.2, 0) is 35.5 Å². The molecule has 1 atom stereocenters. The van der Waals surface area contributed by atoms with Gasteiger partial charge in [0.05, 0.1) is 23.7 Å². The highest BCUT2D eigenvalue weighted by atomic mass is 35.5. The largest absolute Gasteiger partial charge is 0.481 e. The number of aliphatic carboxylic acids is 1. The van der Waals surface area contributed by atoms with Crippen molar-refractivity contribution in [3.8, 4) is 0 Å². The molecule has 0 amide bonds. The molecule has 0 spiro atoms. The number of hydrogen-bond acceptors (Lipinski definition) is 5. The third-order valence-corrected chi connectivity index (χ3v) is 10.1. The smallest absolute Gasteiger partial charge is 0.335 e. The molecule has 2 N–H and O–H groups in total. The summed E-state index contributed by atoms with van der Waals surface area (Å²) >= 11 is 8.19. The first-order chi connectivity index (χ1) is 21.8. The van der Waals surface area contributed by atoms with Crippen LogP contribution >= 0.6 is 22.9 Å². The van der Waals surface area contributed by atoms with E-state index in [1.165, 1.54) is 10.4 Å². The summed E-state index contributed by atoms with van der Waals surface area (Å²) in [5.41, 5.74) is 2.94. The number of halogens is 1. The fraction of sp³-hybridized carbons (Fsp3) is 0.351. The zero-order valence-electron chi connectivity index (χ0n) is 25.4. The van der Waals surface area contributed by atoms with Gasteiger partial charge in [-0.2, -0.15) is 0 Å². The van der Waals surface area contributed by atoms with Crippen molar-refractivity contribution >= 4 is 34.9 Å². The predicted molar refractivity (Wildman–Crippen MR) is 179 cm³/mol. The monoisotopic (exact) mass is 645 g/mol. The van der Waals surface area contributed by atoms with Gasteiger partial charge in [-0.15, -0.1) is 11.3 Å². The number of benzene rings is 3. The van der Waals surface area contributed by atoms with Gasteiger partial charge < -0.3 is 14.9 Å². The van der Waals surface area contributed by atoms with Gasteiger partial charge in [0.1, 0.15) is 0 Å². The number of rotatable bonds is 17. The van der Waals surface area contributed by atoms with Crippen molar-refractivity contribution in [3.63, 3.8) is 0 Å². The number of aryl methyl sites for hydroxylation is 2. The highest BCUT2D eigenvalue weighted by Crippen LogP contribution is 2.45. The quantitative estimate of drug-likeness (QED) is 0.119. The molecule has 1 saturated carbocycles. The molecule has 0 radical (unpaired) electrons. The SMILES string of the molecule is O=C(O)c1ccc(CN(CCCC2(C(=O)O)CCC2)C[C@@H](OCc2ccc(CCc3ccccc3)s2)c2cccc(Cl)c2)cc1. The van der Waals surface area contributed by atoms with Gasteiger partial charge in [-0.25, -0.2) is 4.79 Å². The van der Waals surface area contributed by atoms with Crippen LogP contribution in [0.5, 0.6) is 0 Å². The van der Waals surface area contributed by atoms with Crippen LogP contribution in [0.15, 0.2) is 91.0 Å². The average Bonchev–Trinajstić information content (AvgIpc) is 3.47. The number of ether oxygens (including phenoxy) is 1. The van der Waals surface area contributed by atoms with Crippen LogP contribution in [0.3, 0.4) is 0 Å². The standard InChI is InChI=1S/C37H40ClNO5S/c38-31-10-4-9-30(23-31)34(44-26-33-18-17-32(45-33)16-13-27-7-2-1-3-8-27)25-39(22-6-21-37(36(42)43)19-5-20-37)24-28-11-14-29(15-12-28)35(40)41/h1-4,7-12,14-15,17-18,23,34H,5-6,13,16,19-22,24-26H2,(H,40,41)(H,42,43)/t34-/m1/s1. The molecule has 1 fully saturated rings. The van der Waals surface area contributed by atoms with Gasteiger partial charge in [0.15, 0.2) is 0 Å². The molecule has 3 aromatic carbocycles. The van der Waals surface area contributed by atoms with Crippen LogP contribution in [0.25, 0.3) is 0 Å². The van der Waals surface area contributed by atoms with Gasteiger partial charge in [-0.1, -0.05) is 72.6 Å². The molecular weight excluding hydrogens is 606 g/mol. The van der Waals surface area contributed by atoms with E-state index in [1.807, 2.05) is 42.5 Å². The molecule has 0 unspecified atom stereocenters. The maximum atomic E-state index is 12.0. The summed E-state index contributed by atoms with van der Waals surface area (Å²) in [5, 5.41) is 19.8. The molecule has 1 heterocycles. The van der Waals surface area contributed by atoms with E-state index >= 15 is 0 Å². The molecule has 6 nitrogen and oxygen atoms in total. The Kier molecular flexibility index (Phi) is 11.5. The second kappa shape index (κ2) is 15.7. The number of hydrogen-bond donors (Lipinski definition) is 2. The fourth-order valence-corrected chi connectivity index (χ4v) is 7.12. The number of aromatic carboxylic acids is 1. The minimum Gasteiger partial charge on any atom is -0.481 e. The van der Waals surface area contributed by atoms with E-state index in [0.29, 0.717) is 37.7 Å². The Balaban J connectivity index is 1.29. The number of nitrogens with zero attached hydrogens (tertiary/aromatic N) is 1. The topological polar surface area (TPSA) is 87.1 Å². The lowest BCUT2D eigenvalue weighted by Gasteiger charge is -2.38. The lowest BCUT2D eigenvalue weighted by Crippen LogP contribution is -2.39. The molecule has 1 aromatic heterocycles. The molecule has 45 heavy (non-hydrogen) atoms. The van der Waals surface area contributed by atoms with Crippen LogP contribution in [0, 0.1) is 5.41 Å². The third kappa shape index (κ3) is 9.27. The zero-order chi connectivity index (χ0) is 31.6. The Morgan fingerprint density at radius 2 is 1.64 bits per heavy atom. The predicted octanol–water partition coefficient (Wildman–Crippen LogP) is 8.68. The summed E-state index contributed by atoms with van der Waals surface area (Å²) in [5.74, 6) is -1.65. The molecule has 1 aliphatic carbocycles. The van der Waals surface area contributed by atoms with Crippen molar-refractivity contribution in [2.45, 2.75) is 64.2 Å². The molecule has 5 rings (SSSR count). The van der Waals surface area contributed by atoms with Gasteiger partial charge in [-0.05, 0) is 98.2 Å². The van der Waals surface area contributed by atoms with Crippen LogP contribution in [0.1, 0.15) is 75.0 Å². The highest BCUT2D eigenvalue weighted by molar-refractivity contribution is 7.11. The first kappa shape index (κ1) is 32.9. The molecule has 236 valence electrons. The Labute approximate surface area is 274 Å². The normalized spacial score (nSPS) is 14.6. The zero-order valence-corrected chi connectivity index (χ0v) is 26.9. The first-order valence-corrected chi connectivity index (χ1v) is 16.8. The van der Waals surface area contributed by atoms with E-state index in [-0.39, 0.29) is 11.7 Å². The molecule has 8 heteroatoms. The number of carboxylic acid groups (broad SMARTS) is 2. The summed E-state index contributed by atoms with van der Waals surface area (Å²) in [6.07, 6.45) is 5.54. The van der Waals surface area contributed by atoms with Gasteiger partial charge >= 0.3 is 11.9 Å². The fourth-order valence-electron chi connectivity index (χ4n) is 5.99. The second-order valence-electron chi connectivity index (χ2n) is 12.0. The second-order valence-corrected chi connectivity index (χ2v) is 13.7. The maximum absolute atomic E-state index is 12.0. The Morgan fingerprint density at radius 1 is 0.889 bits per heavy atom. The molecule has 1 aliphatic rings. The van der Waals surface area contributed by atoms with E-state index in [4.69, 9.17) is 16.3 Å². The van der Waals surface area contributed by atoms with Crippen molar-refractivity contribution in [2.24, 2.45) is 5.41 Å². The summed E-state index contributed by atoms with van der Waals surface area (Å²) < 4.78 is 6.62. The Bertz CT molecular complexity index is 1550. The van der Waals surface area contributed by atoms with E-state index in [2.05, 4.69) is 41.3 Å². The van der Waals surface area contributed by atoms with Gasteiger partial charge in [-0.3, -0.25) is 9.69 Å².